The van der Waals surface area contributed by atoms with Gasteiger partial charge in [-0.1, -0.05) is 0 Å². The molecule has 0 spiro atoms. The molecule has 6 nitrogen and oxygen atoms in total. The number of carbonyl (C=O) groups is 1. The van der Waals surface area contributed by atoms with E-state index >= 15 is 0 Å². The number of hydrogen-bond donors (Lipinski definition) is 2. The number of nitrogens with one attached hydrogen (secondary N) is 2. The van der Waals surface area contributed by atoms with Crippen molar-refractivity contribution < 1.29 is 9.53 Å². The first-order valence-electron chi connectivity index (χ1n) is 5.49. The van der Waals surface area contributed by atoms with Gasteiger partial charge in [0.05, 0.1) is 23.4 Å². The summed E-state index contributed by atoms with van der Waals surface area (Å²) in [4.78, 5) is 19.8. The number of hydrogen-bond acceptors (Lipinski definition) is 6. The van der Waals surface area contributed by atoms with E-state index in [9.17, 15) is 4.79 Å². The summed E-state index contributed by atoms with van der Waals surface area (Å²) in [6, 6.07) is 1.92. The average molecular weight is 266 g/mol. The second-order valence-corrected chi connectivity index (χ2v) is 4.47. The number of amides is 1. The van der Waals surface area contributed by atoms with Gasteiger partial charge in [0, 0.05) is 13.7 Å². The Hall–Kier alpha value is -1.73. The highest BCUT2D eigenvalue weighted by molar-refractivity contribution is 7.17. The lowest BCUT2D eigenvalue weighted by molar-refractivity contribution is -0.119. The van der Waals surface area contributed by atoms with Crippen molar-refractivity contribution in [3.8, 4) is 0 Å². The maximum Gasteiger partial charge on any atom is 0.239 e. The highest BCUT2D eigenvalue weighted by Crippen LogP contribution is 2.24. The third-order valence-electron chi connectivity index (χ3n) is 2.29. The number of methoxy groups -OCH3 is 1. The predicted octanol–water partition coefficient (Wildman–Crippen LogP) is 0.866. The minimum atomic E-state index is -0.0876. The first kappa shape index (κ1) is 12.7. The Morgan fingerprint density at radius 2 is 2.39 bits per heavy atom. The van der Waals surface area contributed by atoms with Crippen molar-refractivity contribution in [1.29, 1.82) is 0 Å². The maximum atomic E-state index is 11.5. The van der Waals surface area contributed by atoms with Gasteiger partial charge in [-0.25, -0.2) is 9.97 Å². The molecular formula is C11H14N4O2S. The van der Waals surface area contributed by atoms with Crippen molar-refractivity contribution >= 4 is 33.3 Å². The summed E-state index contributed by atoms with van der Waals surface area (Å²) in [5.74, 6) is 0.604. The van der Waals surface area contributed by atoms with Crippen LogP contribution in [0.1, 0.15) is 0 Å². The highest BCUT2D eigenvalue weighted by Gasteiger charge is 2.06. The zero-order valence-electron chi connectivity index (χ0n) is 9.97. The smallest absolute Gasteiger partial charge is 0.239 e. The largest absolute Gasteiger partial charge is 0.383 e. The summed E-state index contributed by atoms with van der Waals surface area (Å²) in [6.45, 7) is 1.21. The lowest BCUT2D eigenvalue weighted by Crippen LogP contribution is -2.32. The minimum absolute atomic E-state index is 0.0876. The molecular weight excluding hydrogens is 252 g/mol. The molecule has 0 unspecified atom stereocenters. The fourth-order valence-electron chi connectivity index (χ4n) is 1.43. The molecule has 0 saturated heterocycles. The molecule has 0 aromatic carbocycles. The van der Waals surface area contributed by atoms with Crippen LogP contribution in [0, 0.1) is 0 Å². The third-order valence-corrected chi connectivity index (χ3v) is 3.20. The third kappa shape index (κ3) is 3.14. The van der Waals surface area contributed by atoms with Gasteiger partial charge in [-0.05, 0) is 11.4 Å². The van der Waals surface area contributed by atoms with Crippen molar-refractivity contribution in [2.45, 2.75) is 0 Å². The molecule has 2 heterocycles. The Morgan fingerprint density at radius 1 is 1.50 bits per heavy atom. The average Bonchev–Trinajstić information content (AvgIpc) is 2.85. The van der Waals surface area contributed by atoms with Gasteiger partial charge in [-0.2, -0.15) is 0 Å². The fraction of sp³-hybridized carbons (Fsp3) is 0.364. The number of aromatic nitrogens is 2. The fourth-order valence-corrected chi connectivity index (χ4v) is 2.24. The molecule has 0 aliphatic heterocycles. The molecule has 96 valence electrons. The van der Waals surface area contributed by atoms with Crippen LogP contribution >= 0.6 is 11.3 Å². The van der Waals surface area contributed by atoms with Crippen LogP contribution in [0.5, 0.6) is 0 Å². The number of fused-ring (bicyclic) bond motifs is 1. The normalized spacial score (nSPS) is 10.5. The Bertz CT molecular complexity index is 528. The van der Waals surface area contributed by atoms with Crippen molar-refractivity contribution in [2.24, 2.45) is 0 Å². The molecule has 2 aromatic rings. The van der Waals surface area contributed by atoms with Crippen LogP contribution < -0.4 is 10.6 Å². The maximum absolute atomic E-state index is 11.5. The van der Waals surface area contributed by atoms with Crippen LogP contribution in [0.2, 0.25) is 0 Å². The quantitative estimate of drug-likeness (QED) is 0.759. The first-order chi connectivity index (χ1) is 8.81. The highest BCUT2D eigenvalue weighted by atomic mass is 32.1. The number of ether oxygens (including phenoxy) is 1. The lowest BCUT2D eigenvalue weighted by atomic mass is 10.4. The lowest BCUT2D eigenvalue weighted by Gasteiger charge is -2.07. The summed E-state index contributed by atoms with van der Waals surface area (Å²) in [5, 5.41) is 7.68. The van der Waals surface area contributed by atoms with E-state index in [0.29, 0.717) is 19.0 Å². The summed E-state index contributed by atoms with van der Waals surface area (Å²) in [5.41, 5.74) is 0.886. The van der Waals surface area contributed by atoms with E-state index in [1.807, 2.05) is 11.4 Å². The molecule has 2 rings (SSSR count). The molecule has 0 atom stereocenters. The van der Waals surface area contributed by atoms with E-state index in [0.717, 1.165) is 10.2 Å². The van der Waals surface area contributed by atoms with Gasteiger partial charge in [-0.15, -0.1) is 11.3 Å². The van der Waals surface area contributed by atoms with Crippen molar-refractivity contribution in [1.82, 2.24) is 15.3 Å². The monoisotopic (exact) mass is 266 g/mol. The minimum Gasteiger partial charge on any atom is -0.383 e. The summed E-state index contributed by atoms with van der Waals surface area (Å²) in [7, 11) is 1.60. The summed E-state index contributed by atoms with van der Waals surface area (Å²) < 4.78 is 5.81. The van der Waals surface area contributed by atoms with E-state index in [-0.39, 0.29) is 12.5 Å². The van der Waals surface area contributed by atoms with E-state index in [2.05, 4.69) is 20.6 Å². The molecule has 0 bridgehead atoms. The number of thiophene rings is 1. The van der Waals surface area contributed by atoms with E-state index in [4.69, 9.17) is 4.74 Å². The van der Waals surface area contributed by atoms with Gasteiger partial charge >= 0.3 is 0 Å². The molecule has 1 amide bonds. The number of nitrogens with zero attached hydrogens (tertiary/aromatic N) is 2. The van der Waals surface area contributed by atoms with Crippen LogP contribution in [-0.2, 0) is 9.53 Å². The summed E-state index contributed by atoms with van der Waals surface area (Å²) in [6.07, 6.45) is 1.49. The van der Waals surface area contributed by atoms with Crippen LogP contribution in [0.25, 0.3) is 10.2 Å². The van der Waals surface area contributed by atoms with E-state index in [1.165, 1.54) is 6.33 Å². The molecule has 18 heavy (non-hydrogen) atoms. The van der Waals surface area contributed by atoms with Crippen LogP contribution in [-0.4, -0.2) is 42.7 Å². The van der Waals surface area contributed by atoms with Crippen molar-refractivity contribution in [3.05, 3.63) is 17.8 Å². The second kappa shape index (κ2) is 6.27. The first-order valence-corrected chi connectivity index (χ1v) is 6.37. The molecule has 0 fully saturated rings. The molecule has 7 heteroatoms. The van der Waals surface area contributed by atoms with Crippen LogP contribution in [0.4, 0.5) is 5.82 Å². The SMILES string of the molecule is COCCNC(=O)CNc1ncnc2ccsc12. The van der Waals surface area contributed by atoms with Gasteiger partial charge < -0.3 is 15.4 Å². The number of anilines is 1. The zero-order chi connectivity index (χ0) is 12.8. The predicted molar refractivity (Wildman–Crippen MR) is 70.8 cm³/mol. The van der Waals surface area contributed by atoms with Crippen LogP contribution in [0.15, 0.2) is 17.8 Å². The van der Waals surface area contributed by atoms with Gasteiger partial charge in [0.1, 0.15) is 12.1 Å². The molecule has 2 N–H and O–H groups in total. The van der Waals surface area contributed by atoms with Crippen molar-refractivity contribution in [3.63, 3.8) is 0 Å². The van der Waals surface area contributed by atoms with E-state index in [1.54, 1.807) is 18.4 Å². The Balaban J connectivity index is 1.90. The second-order valence-electron chi connectivity index (χ2n) is 3.55. The van der Waals surface area contributed by atoms with Gasteiger partial charge in [-0.3, -0.25) is 4.79 Å². The Kier molecular flexibility index (Phi) is 4.43. The van der Waals surface area contributed by atoms with E-state index < -0.39 is 0 Å². The standard InChI is InChI=1S/C11H14N4O2S/c1-17-4-3-12-9(16)6-13-11-10-8(2-5-18-10)14-7-15-11/h2,5,7H,3-4,6H2,1H3,(H,12,16)(H,13,14,15). The Morgan fingerprint density at radius 3 is 3.22 bits per heavy atom. The molecule has 0 aliphatic carbocycles. The van der Waals surface area contributed by atoms with Crippen molar-refractivity contribution in [2.75, 3.05) is 32.1 Å². The Labute approximate surface area is 108 Å². The van der Waals surface area contributed by atoms with Gasteiger partial charge in [0.2, 0.25) is 5.91 Å². The van der Waals surface area contributed by atoms with Gasteiger partial charge in [0.25, 0.3) is 0 Å². The molecule has 0 saturated carbocycles. The summed E-state index contributed by atoms with van der Waals surface area (Å²) >= 11 is 1.55. The molecule has 2 aromatic heterocycles. The van der Waals surface area contributed by atoms with Gasteiger partial charge in [0.15, 0.2) is 0 Å². The number of carbonyl (C=O) groups excluding carboxylic acids is 1. The zero-order valence-corrected chi connectivity index (χ0v) is 10.8. The number of rotatable bonds is 6. The van der Waals surface area contributed by atoms with Crippen LogP contribution in [0.3, 0.4) is 0 Å². The topological polar surface area (TPSA) is 76.1 Å². The molecule has 0 radical (unpaired) electrons. The molecule has 0 aliphatic rings.